The van der Waals surface area contributed by atoms with E-state index in [9.17, 15) is 19.2 Å². The first kappa shape index (κ1) is 12.5. The van der Waals surface area contributed by atoms with Crippen molar-refractivity contribution in [2.24, 2.45) is 0 Å². The molecule has 3 rings (SSSR count). The Morgan fingerprint density at radius 3 is 1.90 bits per heavy atom. The van der Waals surface area contributed by atoms with Crippen LogP contribution in [0.3, 0.4) is 0 Å². The van der Waals surface area contributed by atoms with Crippen LogP contribution in [0.1, 0.15) is 40.5 Å². The van der Waals surface area contributed by atoms with Gasteiger partial charge in [0.05, 0.1) is 0 Å². The van der Waals surface area contributed by atoms with Crippen LogP contribution in [0.25, 0.3) is 0 Å². The fourth-order valence-corrected chi connectivity index (χ4v) is 2.58. The van der Waals surface area contributed by atoms with Crippen molar-refractivity contribution in [3.8, 4) is 0 Å². The van der Waals surface area contributed by atoms with E-state index >= 15 is 0 Å². The summed E-state index contributed by atoms with van der Waals surface area (Å²) in [7, 11) is 0. The molecular formula is C15H11NO4. The first-order valence-corrected chi connectivity index (χ1v) is 6.27. The molecule has 1 aliphatic carbocycles. The molecule has 1 aliphatic heterocycles. The van der Waals surface area contributed by atoms with Crippen LogP contribution in [0.15, 0.2) is 35.5 Å². The first-order chi connectivity index (χ1) is 9.52. The van der Waals surface area contributed by atoms with Gasteiger partial charge < -0.3 is 0 Å². The molecule has 0 unspecified atom stereocenters. The van der Waals surface area contributed by atoms with Gasteiger partial charge >= 0.3 is 0 Å². The Bertz CT molecular complexity index is 698. The Morgan fingerprint density at radius 1 is 0.850 bits per heavy atom. The molecule has 0 atom stereocenters. The number of rotatable bonds is 1. The maximum Gasteiger partial charge on any atom is 0.234 e. The Morgan fingerprint density at radius 2 is 1.35 bits per heavy atom. The van der Waals surface area contributed by atoms with Gasteiger partial charge in [0.25, 0.3) is 0 Å². The summed E-state index contributed by atoms with van der Waals surface area (Å²) < 4.78 is 0. The summed E-state index contributed by atoms with van der Waals surface area (Å²) in [6.45, 7) is 1.48. The number of Topliss-reactive ketones (excluding diaryl/α,β-unsaturated/α-hetero) is 2. The highest BCUT2D eigenvalue weighted by atomic mass is 16.2. The minimum atomic E-state index is -0.443. The summed E-state index contributed by atoms with van der Waals surface area (Å²) in [6.07, 6.45) is 0.164. The van der Waals surface area contributed by atoms with Crippen LogP contribution in [0.4, 0.5) is 0 Å². The van der Waals surface area contributed by atoms with Gasteiger partial charge in [-0.1, -0.05) is 24.3 Å². The highest BCUT2D eigenvalue weighted by Gasteiger charge is 2.40. The quantitative estimate of drug-likeness (QED) is 0.724. The van der Waals surface area contributed by atoms with E-state index in [1.54, 1.807) is 18.2 Å². The van der Waals surface area contributed by atoms with Gasteiger partial charge in [0.15, 0.2) is 5.78 Å². The number of carbonyl (C=O) groups is 4. The lowest BCUT2D eigenvalue weighted by Crippen LogP contribution is -2.37. The monoisotopic (exact) mass is 269 g/mol. The van der Waals surface area contributed by atoms with E-state index in [0.717, 1.165) is 4.90 Å². The number of allylic oxidation sites excluding steroid dienone is 2. The third-order valence-electron chi connectivity index (χ3n) is 3.60. The van der Waals surface area contributed by atoms with Crippen LogP contribution < -0.4 is 0 Å². The van der Waals surface area contributed by atoms with Crippen molar-refractivity contribution >= 4 is 23.4 Å². The number of fused-ring (bicyclic) bond motifs is 1. The van der Waals surface area contributed by atoms with Crippen LogP contribution in [0.5, 0.6) is 0 Å². The van der Waals surface area contributed by atoms with Crippen molar-refractivity contribution in [3.63, 3.8) is 0 Å². The molecule has 1 aromatic carbocycles. The molecule has 1 saturated heterocycles. The summed E-state index contributed by atoms with van der Waals surface area (Å²) in [5.74, 6) is -1.61. The second-order valence-electron chi connectivity index (χ2n) is 4.80. The van der Waals surface area contributed by atoms with E-state index in [2.05, 4.69) is 0 Å². The Hall–Kier alpha value is -2.56. The summed E-state index contributed by atoms with van der Waals surface area (Å²) >= 11 is 0. The number of nitrogens with zero attached hydrogens (tertiary/aromatic N) is 1. The molecule has 1 fully saturated rings. The molecule has 0 saturated carbocycles. The summed E-state index contributed by atoms with van der Waals surface area (Å²) in [6, 6.07) is 6.43. The molecule has 100 valence electrons. The minimum Gasteiger partial charge on any atom is -0.289 e. The molecule has 0 bridgehead atoms. The van der Waals surface area contributed by atoms with Crippen molar-refractivity contribution in [3.05, 3.63) is 46.7 Å². The van der Waals surface area contributed by atoms with Crippen molar-refractivity contribution < 1.29 is 19.2 Å². The number of ketones is 2. The van der Waals surface area contributed by atoms with Gasteiger partial charge in [0.1, 0.15) is 5.70 Å². The van der Waals surface area contributed by atoms with E-state index in [4.69, 9.17) is 0 Å². The number of likely N-dealkylation sites (tertiary alicyclic amines) is 1. The second kappa shape index (κ2) is 4.23. The number of hydrogen-bond acceptors (Lipinski definition) is 4. The van der Waals surface area contributed by atoms with Crippen LogP contribution in [0.2, 0.25) is 0 Å². The van der Waals surface area contributed by atoms with Gasteiger partial charge in [0, 0.05) is 29.5 Å². The van der Waals surface area contributed by atoms with Gasteiger partial charge in [-0.2, -0.15) is 0 Å². The molecule has 0 spiro atoms. The van der Waals surface area contributed by atoms with E-state index in [0.29, 0.717) is 5.56 Å². The van der Waals surface area contributed by atoms with Gasteiger partial charge in [-0.3, -0.25) is 19.2 Å². The fourth-order valence-electron chi connectivity index (χ4n) is 2.58. The molecular weight excluding hydrogens is 258 g/mol. The fraction of sp³-hybridized carbons (Fsp3) is 0.200. The third kappa shape index (κ3) is 1.56. The number of carbonyl (C=O) groups excluding carboxylic acids is 4. The van der Waals surface area contributed by atoms with Crippen LogP contribution in [0, 0.1) is 0 Å². The molecule has 0 aromatic heterocycles. The van der Waals surface area contributed by atoms with Gasteiger partial charge in [-0.05, 0) is 6.92 Å². The molecule has 20 heavy (non-hydrogen) atoms. The highest BCUT2D eigenvalue weighted by Crippen LogP contribution is 2.30. The normalized spacial score (nSPS) is 18.9. The maximum atomic E-state index is 12.5. The van der Waals surface area contributed by atoms with Crippen molar-refractivity contribution in [1.29, 1.82) is 0 Å². The summed E-state index contributed by atoms with van der Waals surface area (Å²) in [5.41, 5.74) is 0.627. The predicted molar refractivity (Wildman–Crippen MR) is 68.9 cm³/mol. The zero-order valence-electron chi connectivity index (χ0n) is 10.8. The molecule has 2 amide bonds. The summed E-state index contributed by atoms with van der Waals surface area (Å²) in [5, 5.41) is 0. The molecule has 2 aliphatic rings. The number of benzene rings is 1. The zero-order valence-corrected chi connectivity index (χ0v) is 10.8. The van der Waals surface area contributed by atoms with Crippen molar-refractivity contribution in [2.75, 3.05) is 0 Å². The molecule has 5 heteroatoms. The Kier molecular flexibility index (Phi) is 2.64. The smallest absolute Gasteiger partial charge is 0.234 e. The second-order valence-corrected chi connectivity index (χ2v) is 4.80. The molecule has 1 heterocycles. The van der Waals surface area contributed by atoms with Gasteiger partial charge in [0.2, 0.25) is 17.6 Å². The Balaban J connectivity index is 2.19. The number of hydrogen-bond donors (Lipinski definition) is 0. The van der Waals surface area contributed by atoms with Gasteiger partial charge in [-0.15, -0.1) is 0 Å². The standard InChI is InChI=1S/C15H11NO4/c1-8-13(16-11(17)6-7-12(16)18)15(20)10-5-3-2-4-9(10)14(8)19/h2-5H,6-7H2,1H3. The first-order valence-electron chi connectivity index (χ1n) is 6.27. The predicted octanol–water partition coefficient (Wildman–Crippen LogP) is 1.49. The molecule has 1 aromatic rings. The number of imide groups is 1. The minimum absolute atomic E-state index is 0.0821. The van der Waals surface area contributed by atoms with E-state index in [-0.39, 0.29) is 35.5 Å². The summed E-state index contributed by atoms with van der Waals surface area (Å²) in [4.78, 5) is 49.2. The van der Waals surface area contributed by atoms with Crippen LogP contribution in [-0.2, 0) is 9.59 Å². The average molecular weight is 269 g/mol. The largest absolute Gasteiger partial charge is 0.289 e. The lowest BCUT2D eigenvalue weighted by atomic mass is 9.87. The molecule has 0 N–H and O–H groups in total. The van der Waals surface area contributed by atoms with E-state index in [1.807, 2.05) is 0 Å². The van der Waals surface area contributed by atoms with E-state index < -0.39 is 17.6 Å². The lowest BCUT2D eigenvalue weighted by Gasteiger charge is -2.24. The maximum absolute atomic E-state index is 12.5. The molecule has 5 nitrogen and oxygen atoms in total. The van der Waals surface area contributed by atoms with Crippen LogP contribution >= 0.6 is 0 Å². The van der Waals surface area contributed by atoms with E-state index in [1.165, 1.54) is 13.0 Å². The third-order valence-corrected chi connectivity index (χ3v) is 3.60. The SMILES string of the molecule is CC1=C(N2C(=O)CCC2=O)C(=O)c2ccccc2C1=O. The lowest BCUT2D eigenvalue weighted by molar-refractivity contribution is -0.135. The van der Waals surface area contributed by atoms with Crippen molar-refractivity contribution in [2.45, 2.75) is 19.8 Å². The zero-order chi connectivity index (χ0) is 14.4. The average Bonchev–Trinajstić information content (AvgIpc) is 2.77. The molecule has 0 radical (unpaired) electrons. The topological polar surface area (TPSA) is 71.5 Å². The van der Waals surface area contributed by atoms with Crippen molar-refractivity contribution in [1.82, 2.24) is 4.90 Å². The Labute approximate surface area is 114 Å². The van der Waals surface area contributed by atoms with Crippen LogP contribution in [-0.4, -0.2) is 28.3 Å². The highest BCUT2D eigenvalue weighted by molar-refractivity contribution is 6.29. The van der Waals surface area contributed by atoms with Gasteiger partial charge in [-0.25, -0.2) is 4.90 Å². The number of amides is 2.